The summed E-state index contributed by atoms with van der Waals surface area (Å²) in [6, 6.07) is 0. The molecule has 5 fully saturated rings. The van der Waals surface area contributed by atoms with Crippen LogP contribution in [0, 0.1) is 76.4 Å². The van der Waals surface area contributed by atoms with Crippen LogP contribution in [0.15, 0.2) is 0 Å². The summed E-state index contributed by atoms with van der Waals surface area (Å²) in [5.41, 5.74) is 6.85. The van der Waals surface area contributed by atoms with Crippen molar-refractivity contribution in [2.24, 2.45) is 70.3 Å². The predicted molar refractivity (Wildman–Crippen MR) is 196 cm³/mol. The molecule has 1 saturated heterocycles. The van der Waals surface area contributed by atoms with Crippen molar-refractivity contribution in [2.45, 2.75) is 160 Å². The summed E-state index contributed by atoms with van der Waals surface area (Å²) in [6.45, 7) is 3.46. The zero-order chi connectivity index (χ0) is 35.3. The third kappa shape index (κ3) is 8.57. The number of fused-ring (bicyclic) bond motifs is 2. The van der Waals surface area contributed by atoms with Crippen LogP contribution in [-0.4, -0.2) is 60.4 Å². The van der Waals surface area contributed by atoms with Crippen LogP contribution in [-0.2, 0) is 14.3 Å². The summed E-state index contributed by atoms with van der Waals surface area (Å²) >= 11 is 0. The van der Waals surface area contributed by atoms with Gasteiger partial charge >= 0.3 is 0 Å². The van der Waals surface area contributed by atoms with Crippen molar-refractivity contribution >= 4 is 11.6 Å². The summed E-state index contributed by atoms with van der Waals surface area (Å²) in [7, 11) is 1.69. The standard InChI is InChI=1S/C43H70N2O5/c1-3-9-31(27-46)32-21-34(43(17-7-8-18-43)33-16-19-45-42(44)24-33)20-29-13-15-36(28-10-5-4-6-11-28)37-26-40(49)41(50-2)23-30(37)12-14-35(47)25-39(48)38(29)22-32/h28-34,36-38,40-42,45-46,49H,3-12,14,16-27,44H2,1-2H3/p+1/t29-,30?,31-,32-,33?,34-,36?,37?,38+,40?,41?,42?/m1/s1. The van der Waals surface area contributed by atoms with Crippen LogP contribution < -0.4 is 11.1 Å². The predicted octanol–water partition coefficient (Wildman–Crippen LogP) is 5.79. The van der Waals surface area contributed by atoms with E-state index in [-0.39, 0.29) is 83.7 Å². The highest BCUT2D eigenvalue weighted by Gasteiger charge is 2.52. The van der Waals surface area contributed by atoms with E-state index in [0.29, 0.717) is 30.6 Å². The van der Waals surface area contributed by atoms with E-state index in [0.717, 1.165) is 57.9 Å². The second-order valence-corrected chi connectivity index (χ2v) is 18.1. The van der Waals surface area contributed by atoms with E-state index in [9.17, 15) is 19.8 Å². The quantitative estimate of drug-likeness (QED) is 0.188. The first-order valence-electron chi connectivity index (χ1n) is 21.2. The van der Waals surface area contributed by atoms with Crippen LogP contribution in [0.25, 0.3) is 0 Å². The fourth-order valence-electron chi connectivity index (χ4n) is 12.8. The number of hydrogen-bond acceptors (Lipinski definition) is 6. The van der Waals surface area contributed by atoms with Crippen molar-refractivity contribution in [3.05, 3.63) is 0 Å². The molecule has 12 atom stereocenters. The maximum atomic E-state index is 14.5. The molecular weight excluding hydrogens is 624 g/mol. The lowest BCUT2D eigenvalue weighted by Crippen LogP contribution is -2.95. The first kappa shape index (κ1) is 38.4. The van der Waals surface area contributed by atoms with Gasteiger partial charge in [0.15, 0.2) is 0 Å². The summed E-state index contributed by atoms with van der Waals surface area (Å²) < 4.78 is 5.76. The van der Waals surface area contributed by atoms with Gasteiger partial charge in [-0.05, 0) is 117 Å². The molecule has 4 saturated carbocycles. The second kappa shape index (κ2) is 17.7. The van der Waals surface area contributed by atoms with Gasteiger partial charge in [0.1, 0.15) is 17.7 Å². The molecule has 6 rings (SSSR count). The van der Waals surface area contributed by atoms with Gasteiger partial charge in [-0.15, -0.1) is 0 Å². The Bertz CT molecular complexity index is 1180. The minimum absolute atomic E-state index is 0.00995. The summed E-state index contributed by atoms with van der Waals surface area (Å²) in [6.07, 6.45) is 20.2. The Morgan fingerprint density at radius 2 is 1.70 bits per heavy atom. The zero-order valence-electron chi connectivity index (χ0n) is 31.5. The molecule has 5 aliphatic carbocycles. The number of ketones is 2. The highest BCUT2D eigenvalue weighted by Crippen LogP contribution is 2.58. The Morgan fingerprint density at radius 3 is 2.40 bits per heavy atom. The largest absolute Gasteiger partial charge is 0.396 e. The molecule has 6 aliphatic rings. The minimum atomic E-state index is -0.509. The molecule has 7 heteroatoms. The van der Waals surface area contributed by atoms with Gasteiger partial charge in [0, 0.05) is 50.7 Å². The number of nitrogens with two attached hydrogens (primary N) is 2. The van der Waals surface area contributed by atoms with Gasteiger partial charge in [-0.25, -0.2) is 0 Å². The molecule has 0 aromatic heterocycles. The minimum Gasteiger partial charge on any atom is -0.396 e. The number of quaternary nitrogens is 1. The molecule has 6 N–H and O–H groups in total. The molecule has 0 radical (unpaired) electrons. The Labute approximate surface area is 303 Å². The number of carbonyl (C=O) groups is 2. The average molecular weight is 696 g/mol. The lowest BCUT2D eigenvalue weighted by atomic mass is 9.58. The average Bonchev–Trinajstić information content (AvgIpc) is 3.54. The van der Waals surface area contributed by atoms with E-state index in [1.165, 1.54) is 64.2 Å². The Morgan fingerprint density at radius 1 is 0.920 bits per heavy atom. The number of piperidine rings is 1. The Hall–Kier alpha value is -1.30. The number of methoxy groups -OCH3 is 1. The molecule has 1 aliphatic heterocycles. The fraction of sp³-hybridized carbons (Fsp3) is 0.907. The monoisotopic (exact) mass is 696 g/mol. The van der Waals surface area contributed by atoms with E-state index >= 15 is 0 Å². The first-order valence-corrected chi connectivity index (χ1v) is 21.2. The second-order valence-electron chi connectivity index (χ2n) is 18.1. The summed E-state index contributed by atoms with van der Waals surface area (Å²) in [5.74, 6) is 10.4. The normalized spacial score (nSPS) is 41.0. The van der Waals surface area contributed by atoms with Crippen molar-refractivity contribution in [3.63, 3.8) is 0 Å². The van der Waals surface area contributed by atoms with Crippen molar-refractivity contribution in [2.75, 3.05) is 20.3 Å². The van der Waals surface area contributed by atoms with Crippen molar-refractivity contribution < 1.29 is 29.9 Å². The number of carbonyl (C=O) groups excluding carboxylic acids is 2. The number of rotatable bonds is 8. The van der Waals surface area contributed by atoms with E-state index < -0.39 is 6.10 Å². The fourth-order valence-corrected chi connectivity index (χ4v) is 12.8. The molecule has 0 bridgehead atoms. The Balaban J connectivity index is 1.43. The molecule has 7 unspecified atom stereocenters. The van der Waals surface area contributed by atoms with Gasteiger partial charge in [-0.3, -0.25) is 15.3 Å². The molecule has 0 aromatic rings. The van der Waals surface area contributed by atoms with Crippen molar-refractivity contribution in [1.82, 2.24) is 0 Å². The topological polar surface area (TPSA) is 126 Å². The zero-order valence-corrected chi connectivity index (χ0v) is 31.5. The number of Topliss-reactive ketones (excluding diaryl/α,β-unsaturated/α-hetero) is 2. The lowest BCUT2D eigenvalue weighted by molar-refractivity contribution is -0.700. The highest BCUT2D eigenvalue weighted by molar-refractivity contribution is 6.00. The molecule has 0 aromatic carbocycles. The molecule has 0 amide bonds. The molecular formula is C43H71N2O5+. The molecule has 282 valence electrons. The van der Waals surface area contributed by atoms with E-state index in [2.05, 4.69) is 24.1 Å². The SMILES string of the molecule is CCC[C@H](CO)[C@@H]1C[C@H](C2(C3CC[NH2+]C(N)C3)CCCC2)C[C@H]2C#CC(C3CCCCC3)C3CC(O)C(OC)CC3CCC(=O)CC(=O)[C@H]2C1. The van der Waals surface area contributed by atoms with Gasteiger partial charge in [0.25, 0.3) is 0 Å². The van der Waals surface area contributed by atoms with Crippen LogP contribution in [0.4, 0.5) is 0 Å². The van der Waals surface area contributed by atoms with Gasteiger partial charge in [-0.1, -0.05) is 57.3 Å². The van der Waals surface area contributed by atoms with E-state index in [1.54, 1.807) is 7.11 Å². The molecule has 1 heterocycles. The number of hydrogen-bond donors (Lipinski definition) is 4. The van der Waals surface area contributed by atoms with Crippen LogP contribution >= 0.6 is 0 Å². The Kier molecular flexibility index (Phi) is 13.6. The van der Waals surface area contributed by atoms with E-state index in [1.807, 2.05) is 0 Å². The lowest BCUT2D eigenvalue weighted by Gasteiger charge is -2.47. The van der Waals surface area contributed by atoms with Gasteiger partial charge in [0.2, 0.25) is 0 Å². The molecule has 7 nitrogen and oxygen atoms in total. The maximum Gasteiger partial charge on any atom is 0.144 e. The van der Waals surface area contributed by atoms with Crippen LogP contribution in [0.5, 0.6) is 0 Å². The van der Waals surface area contributed by atoms with Gasteiger partial charge in [-0.2, -0.15) is 0 Å². The third-order valence-electron chi connectivity index (χ3n) is 15.4. The highest BCUT2D eigenvalue weighted by atomic mass is 16.5. The maximum absolute atomic E-state index is 14.5. The van der Waals surface area contributed by atoms with E-state index in [4.69, 9.17) is 10.5 Å². The van der Waals surface area contributed by atoms with Crippen molar-refractivity contribution in [3.8, 4) is 11.8 Å². The van der Waals surface area contributed by atoms with Crippen LogP contribution in [0.2, 0.25) is 0 Å². The van der Waals surface area contributed by atoms with Crippen LogP contribution in [0.3, 0.4) is 0 Å². The summed E-state index contributed by atoms with van der Waals surface area (Å²) in [5, 5.41) is 24.4. The number of aliphatic hydroxyl groups excluding tert-OH is 2. The molecule has 0 spiro atoms. The van der Waals surface area contributed by atoms with Gasteiger partial charge < -0.3 is 20.3 Å². The third-order valence-corrected chi connectivity index (χ3v) is 15.4. The number of aliphatic hydroxyl groups is 2. The van der Waals surface area contributed by atoms with Crippen molar-refractivity contribution in [1.29, 1.82) is 0 Å². The summed E-state index contributed by atoms with van der Waals surface area (Å²) in [4.78, 5) is 28.2. The number of ether oxygens (including phenoxy) is 1. The van der Waals surface area contributed by atoms with Gasteiger partial charge in [0.05, 0.1) is 25.2 Å². The smallest absolute Gasteiger partial charge is 0.144 e. The first-order chi connectivity index (χ1) is 24.3. The molecule has 50 heavy (non-hydrogen) atoms. The van der Waals surface area contributed by atoms with Crippen LogP contribution in [0.1, 0.15) is 142 Å².